The molecule has 1 unspecified atom stereocenters. The summed E-state index contributed by atoms with van der Waals surface area (Å²) >= 11 is 0. The minimum Gasteiger partial charge on any atom is -0.306 e. The monoisotopic (exact) mass is 241 g/mol. The van der Waals surface area contributed by atoms with Crippen LogP contribution in [0.25, 0.3) is 0 Å². The van der Waals surface area contributed by atoms with Gasteiger partial charge in [0.15, 0.2) is 0 Å². The van der Waals surface area contributed by atoms with Gasteiger partial charge in [-0.3, -0.25) is 4.52 Å². The summed E-state index contributed by atoms with van der Waals surface area (Å²) in [5.74, 6) is 0. The maximum Gasteiger partial charge on any atom is 0.461 e. The molecule has 1 rings (SSSR count). The maximum atomic E-state index is 10.9. The normalized spacial score (nSPS) is 13.8. The van der Waals surface area contributed by atoms with Gasteiger partial charge in [-0.05, 0) is 18.4 Å². The van der Waals surface area contributed by atoms with Crippen molar-refractivity contribution in [1.29, 1.82) is 0 Å². The van der Waals surface area contributed by atoms with E-state index in [2.05, 4.69) is 9.29 Å². The number of isocyanates is 1. The second-order valence-corrected chi connectivity index (χ2v) is 4.54. The van der Waals surface area contributed by atoms with Gasteiger partial charge < -0.3 is 4.89 Å². The van der Waals surface area contributed by atoms with Crippen LogP contribution in [0.5, 0.6) is 0 Å². The summed E-state index contributed by atoms with van der Waals surface area (Å²) < 4.78 is 18.2. The molecule has 0 spiro atoms. The van der Waals surface area contributed by atoms with E-state index < -0.39 is 7.75 Å². The topological polar surface area (TPSA) is 76.0 Å². The van der Waals surface area contributed by atoms with Gasteiger partial charge in [-0.15, -0.1) is 0 Å². The lowest BCUT2D eigenvalue weighted by atomic mass is 10.1. The Morgan fingerprint density at radius 1 is 1.38 bits per heavy atom. The van der Waals surface area contributed by atoms with Crippen LogP contribution in [-0.4, -0.2) is 17.6 Å². The lowest BCUT2D eigenvalue weighted by Crippen LogP contribution is -1.94. The second-order valence-electron chi connectivity index (χ2n) is 3.10. The number of nitrogens with zero attached hydrogens (tertiary/aromatic N) is 1. The Bertz CT molecular complexity index is 414. The first-order chi connectivity index (χ1) is 7.64. The van der Waals surface area contributed by atoms with Crippen LogP contribution in [0.4, 0.5) is 0 Å². The van der Waals surface area contributed by atoms with Gasteiger partial charge in [-0.1, -0.05) is 35.1 Å². The molecule has 5 nitrogen and oxygen atoms in total. The van der Waals surface area contributed by atoms with Crippen molar-refractivity contribution in [2.75, 3.05) is 6.61 Å². The summed E-state index contributed by atoms with van der Waals surface area (Å²) in [5, 5.41) is 0. The van der Waals surface area contributed by atoms with Crippen molar-refractivity contribution in [2.24, 2.45) is 4.76 Å². The third-order valence-electron chi connectivity index (χ3n) is 1.88. The van der Waals surface area contributed by atoms with E-state index in [9.17, 15) is 9.36 Å². The van der Waals surface area contributed by atoms with Crippen molar-refractivity contribution in [3.63, 3.8) is 0 Å². The van der Waals surface area contributed by atoms with Gasteiger partial charge in [-0.25, -0.2) is 9.36 Å². The predicted octanol–water partition coefficient (Wildman–Crippen LogP) is 2.07. The van der Waals surface area contributed by atoms with Crippen molar-refractivity contribution in [1.82, 2.24) is 0 Å². The van der Waals surface area contributed by atoms with E-state index in [-0.39, 0.29) is 6.61 Å². The summed E-state index contributed by atoms with van der Waals surface area (Å²) in [5.41, 5.74) is 1.12. The molecule has 6 heteroatoms. The van der Waals surface area contributed by atoms with Crippen LogP contribution < -0.4 is 0 Å². The summed E-state index contributed by atoms with van der Waals surface area (Å²) in [6.07, 6.45) is 2.33. The average Bonchev–Trinajstić information content (AvgIpc) is 2.26. The summed E-state index contributed by atoms with van der Waals surface area (Å²) in [6, 6.07) is 9.68. The first-order valence-corrected chi connectivity index (χ1v) is 6.28. The molecule has 0 saturated heterocycles. The van der Waals surface area contributed by atoms with Gasteiger partial charge in [0.25, 0.3) is 0 Å². The molecule has 0 radical (unpaired) electrons. The fraction of sp³-hybridized carbons (Fsp3) is 0.300. The smallest absolute Gasteiger partial charge is 0.306 e. The number of rotatable bonds is 6. The van der Waals surface area contributed by atoms with Crippen LogP contribution >= 0.6 is 7.75 Å². The number of aryl methyl sites for hydroxylation is 1. The molecule has 1 atom stereocenters. The quantitative estimate of drug-likeness (QED) is 0.358. The van der Waals surface area contributed by atoms with Crippen molar-refractivity contribution in [3.05, 3.63) is 35.9 Å². The molecule has 0 saturated carbocycles. The standard InChI is InChI=1S/C10H12NO4P/c12-9-11-16(13,14)15-8-4-7-10-5-2-1-3-6-10/h1-3,5-6H,4,7-8H2,(H,13,14). The van der Waals surface area contributed by atoms with E-state index in [4.69, 9.17) is 4.89 Å². The average molecular weight is 241 g/mol. The molecule has 0 amide bonds. The summed E-state index contributed by atoms with van der Waals surface area (Å²) in [6.45, 7) is 0.0772. The van der Waals surface area contributed by atoms with E-state index in [1.807, 2.05) is 30.3 Å². The van der Waals surface area contributed by atoms with E-state index in [0.29, 0.717) is 6.42 Å². The molecule has 0 aliphatic heterocycles. The van der Waals surface area contributed by atoms with Crippen LogP contribution in [0.3, 0.4) is 0 Å². The molecule has 0 aliphatic carbocycles. The predicted molar refractivity (Wildman–Crippen MR) is 58.7 cm³/mol. The zero-order valence-electron chi connectivity index (χ0n) is 8.57. The number of carbonyl (C=O) groups excluding carboxylic acids is 1. The number of hydrogen-bond acceptors (Lipinski definition) is 3. The molecule has 0 fully saturated rings. The van der Waals surface area contributed by atoms with Gasteiger partial charge in [-0.2, -0.15) is 0 Å². The van der Waals surface area contributed by atoms with E-state index >= 15 is 0 Å². The van der Waals surface area contributed by atoms with Crippen LogP contribution in [0, 0.1) is 0 Å². The summed E-state index contributed by atoms with van der Waals surface area (Å²) in [4.78, 5) is 18.7. The lowest BCUT2D eigenvalue weighted by molar-refractivity contribution is 0.257. The fourth-order valence-electron chi connectivity index (χ4n) is 1.18. The highest BCUT2D eigenvalue weighted by Crippen LogP contribution is 2.42. The van der Waals surface area contributed by atoms with Crippen LogP contribution in [-0.2, 0) is 20.3 Å². The Morgan fingerprint density at radius 3 is 2.69 bits per heavy atom. The highest BCUT2D eigenvalue weighted by atomic mass is 31.2. The Labute approximate surface area is 93.4 Å². The highest BCUT2D eigenvalue weighted by Gasteiger charge is 2.16. The first-order valence-electron chi connectivity index (χ1n) is 4.75. The Kier molecular flexibility index (Phi) is 5.09. The molecule has 1 aromatic carbocycles. The van der Waals surface area contributed by atoms with E-state index in [1.165, 1.54) is 0 Å². The zero-order chi connectivity index (χ0) is 11.9. The van der Waals surface area contributed by atoms with E-state index in [0.717, 1.165) is 18.1 Å². The van der Waals surface area contributed by atoms with Gasteiger partial charge in [0.1, 0.15) is 0 Å². The second kappa shape index (κ2) is 6.36. The maximum absolute atomic E-state index is 10.9. The third kappa shape index (κ3) is 5.01. The van der Waals surface area contributed by atoms with Crippen LogP contribution in [0.15, 0.2) is 35.1 Å². The number of benzene rings is 1. The fourth-order valence-corrected chi connectivity index (χ4v) is 1.71. The first kappa shape index (κ1) is 12.8. The van der Waals surface area contributed by atoms with Crippen molar-refractivity contribution in [2.45, 2.75) is 12.8 Å². The van der Waals surface area contributed by atoms with Crippen molar-refractivity contribution in [3.8, 4) is 0 Å². The Morgan fingerprint density at radius 2 is 2.06 bits per heavy atom. The van der Waals surface area contributed by atoms with Gasteiger partial charge in [0, 0.05) is 0 Å². The molecule has 16 heavy (non-hydrogen) atoms. The molecule has 1 aromatic rings. The minimum absolute atomic E-state index is 0.0772. The van der Waals surface area contributed by atoms with Crippen LogP contribution in [0.1, 0.15) is 12.0 Å². The minimum atomic E-state index is -4.11. The SMILES string of the molecule is O=C=NP(=O)(O)OCCCc1ccccc1. The largest absolute Gasteiger partial charge is 0.461 e. The van der Waals surface area contributed by atoms with Crippen molar-refractivity contribution >= 4 is 13.8 Å². The van der Waals surface area contributed by atoms with Crippen molar-refractivity contribution < 1.29 is 18.8 Å². The molecule has 0 aliphatic rings. The molecular weight excluding hydrogens is 229 g/mol. The Balaban J connectivity index is 2.27. The Hall–Kier alpha value is -1.25. The third-order valence-corrected chi connectivity index (χ3v) is 2.73. The van der Waals surface area contributed by atoms with E-state index in [1.54, 1.807) is 0 Å². The van der Waals surface area contributed by atoms with Crippen LogP contribution in [0.2, 0.25) is 0 Å². The number of hydrogen-bond donors (Lipinski definition) is 1. The molecule has 86 valence electrons. The molecular formula is C10H12NO4P. The molecule has 1 N–H and O–H groups in total. The van der Waals surface area contributed by atoms with Gasteiger partial charge >= 0.3 is 7.75 Å². The molecule has 0 aromatic heterocycles. The molecule has 0 bridgehead atoms. The lowest BCUT2D eigenvalue weighted by Gasteiger charge is -2.05. The highest BCUT2D eigenvalue weighted by molar-refractivity contribution is 7.51. The van der Waals surface area contributed by atoms with Gasteiger partial charge in [0.2, 0.25) is 6.08 Å². The molecule has 0 heterocycles. The zero-order valence-corrected chi connectivity index (χ0v) is 9.47. The van der Waals surface area contributed by atoms with Gasteiger partial charge in [0.05, 0.1) is 6.61 Å². The summed E-state index contributed by atoms with van der Waals surface area (Å²) in [7, 11) is -4.11.